The van der Waals surface area contributed by atoms with E-state index in [0.29, 0.717) is 35.5 Å². The molecule has 1 aromatic heterocycles. The molecule has 0 aliphatic carbocycles. The number of thiazole rings is 1. The number of aromatic nitrogens is 1. The summed E-state index contributed by atoms with van der Waals surface area (Å²) in [5, 5.41) is 4.85. The Bertz CT molecular complexity index is 1010. The van der Waals surface area contributed by atoms with Gasteiger partial charge in [0.1, 0.15) is 19.0 Å². The molecule has 2 heterocycles. The Morgan fingerprint density at radius 3 is 2.79 bits per heavy atom. The van der Waals surface area contributed by atoms with E-state index in [9.17, 15) is 13.6 Å². The summed E-state index contributed by atoms with van der Waals surface area (Å²) in [6.45, 7) is -1.95. The lowest BCUT2D eigenvalue weighted by Crippen LogP contribution is -2.15. The molecular weight excluding hydrogens is 390 g/mol. The quantitative estimate of drug-likeness (QED) is 0.681. The van der Waals surface area contributed by atoms with Gasteiger partial charge in [0, 0.05) is 16.5 Å². The fourth-order valence-corrected chi connectivity index (χ4v) is 3.36. The van der Waals surface area contributed by atoms with Crippen LogP contribution >= 0.6 is 11.3 Å². The van der Waals surface area contributed by atoms with Gasteiger partial charge in [0.25, 0.3) is 5.91 Å². The minimum atomic E-state index is -2.95. The minimum Gasteiger partial charge on any atom is -0.486 e. The van der Waals surface area contributed by atoms with E-state index < -0.39 is 12.5 Å². The van der Waals surface area contributed by atoms with E-state index in [4.69, 9.17) is 9.47 Å². The first kappa shape index (κ1) is 18.2. The fourth-order valence-electron chi connectivity index (χ4n) is 2.65. The molecule has 0 saturated carbocycles. The number of carbonyl (C=O) groups is 1. The van der Waals surface area contributed by atoms with Crippen LogP contribution in [0.25, 0.3) is 11.3 Å². The van der Waals surface area contributed by atoms with E-state index in [2.05, 4.69) is 15.0 Å². The molecule has 9 heteroatoms. The molecule has 0 bridgehead atoms. The number of carbonyl (C=O) groups excluding carboxylic acids is 1. The number of rotatable bonds is 5. The minimum absolute atomic E-state index is 0.0845. The Kier molecular flexibility index (Phi) is 5.07. The molecular formula is C19H14F2N2O4S. The molecule has 144 valence electrons. The van der Waals surface area contributed by atoms with Crippen LogP contribution in [0.2, 0.25) is 0 Å². The van der Waals surface area contributed by atoms with Crippen molar-refractivity contribution < 1.29 is 27.8 Å². The fraction of sp³-hybridized carbons (Fsp3) is 0.158. The zero-order chi connectivity index (χ0) is 19.5. The van der Waals surface area contributed by atoms with Crippen LogP contribution in [0.5, 0.6) is 17.2 Å². The van der Waals surface area contributed by atoms with Gasteiger partial charge in [-0.1, -0.05) is 6.07 Å². The van der Waals surface area contributed by atoms with Crippen molar-refractivity contribution in [2.24, 2.45) is 0 Å². The Hall–Kier alpha value is -3.20. The number of ether oxygens (including phenoxy) is 3. The Balaban J connectivity index is 1.48. The average Bonchev–Trinajstić information content (AvgIpc) is 3.16. The third-order valence-electron chi connectivity index (χ3n) is 3.88. The van der Waals surface area contributed by atoms with E-state index in [-0.39, 0.29) is 11.3 Å². The van der Waals surface area contributed by atoms with Gasteiger partial charge < -0.3 is 14.2 Å². The monoisotopic (exact) mass is 404 g/mol. The highest BCUT2D eigenvalue weighted by Gasteiger charge is 2.15. The van der Waals surface area contributed by atoms with Crippen molar-refractivity contribution in [3.63, 3.8) is 0 Å². The maximum absolute atomic E-state index is 12.4. The highest BCUT2D eigenvalue weighted by Crippen LogP contribution is 2.35. The van der Waals surface area contributed by atoms with Crippen molar-refractivity contribution in [2.75, 3.05) is 18.5 Å². The van der Waals surface area contributed by atoms with Gasteiger partial charge in [-0.05, 0) is 36.4 Å². The van der Waals surface area contributed by atoms with Crippen molar-refractivity contribution in [2.45, 2.75) is 6.61 Å². The van der Waals surface area contributed by atoms with Crippen LogP contribution in [0.1, 0.15) is 10.4 Å². The number of hydrogen-bond donors (Lipinski definition) is 1. The van der Waals surface area contributed by atoms with Crippen LogP contribution in [0, 0.1) is 0 Å². The standard InChI is InChI=1S/C19H14F2N2O4S/c20-18(21)27-13-3-1-2-12(8-13)17(24)23-19-22-14(10-28-19)11-4-5-15-16(9-11)26-7-6-25-15/h1-5,8-10,18H,6-7H2,(H,22,23,24). The molecule has 1 N–H and O–H groups in total. The van der Waals surface area contributed by atoms with Crippen LogP contribution in [-0.4, -0.2) is 30.7 Å². The predicted octanol–water partition coefficient (Wildman–Crippen LogP) is 4.44. The second-order valence-corrected chi connectivity index (χ2v) is 6.61. The Labute approximate surface area is 162 Å². The molecule has 0 spiro atoms. The normalized spacial score (nSPS) is 12.7. The predicted molar refractivity (Wildman–Crippen MR) is 99.6 cm³/mol. The third-order valence-corrected chi connectivity index (χ3v) is 4.64. The smallest absolute Gasteiger partial charge is 0.387 e. The van der Waals surface area contributed by atoms with E-state index in [1.807, 2.05) is 18.2 Å². The van der Waals surface area contributed by atoms with Gasteiger partial charge in [-0.25, -0.2) is 4.98 Å². The van der Waals surface area contributed by atoms with Crippen molar-refractivity contribution in [1.82, 2.24) is 4.98 Å². The first-order chi connectivity index (χ1) is 13.6. The summed E-state index contributed by atoms with van der Waals surface area (Å²) in [6, 6.07) is 11.1. The lowest BCUT2D eigenvalue weighted by atomic mass is 10.1. The molecule has 1 amide bonds. The molecule has 3 aromatic rings. The second kappa shape index (κ2) is 7.81. The van der Waals surface area contributed by atoms with Crippen molar-refractivity contribution >= 4 is 22.4 Å². The van der Waals surface area contributed by atoms with Crippen molar-refractivity contribution in [3.05, 3.63) is 53.4 Å². The highest BCUT2D eigenvalue weighted by atomic mass is 32.1. The maximum Gasteiger partial charge on any atom is 0.387 e. The zero-order valence-electron chi connectivity index (χ0n) is 14.4. The van der Waals surface area contributed by atoms with E-state index in [1.54, 1.807) is 5.38 Å². The molecule has 1 aliphatic heterocycles. The molecule has 0 radical (unpaired) electrons. The summed E-state index contributed by atoms with van der Waals surface area (Å²) < 4.78 is 40.0. The molecule has 0 unspecified atom stereocenters. The van der Waals surface area contributed by atoms with E-state index in [0.717, 1.165) is 5.56 Å². The van der Waals surface area contributed by atoms with Crippen molar-refractivity contribution in [3.8, 4) is 28.5 Å². The number of fused-ring (bicyclic) bond motifs is 1. The number of anilines is 1. The van der Waals surface area contributed by atoms with Gasteiger partial charge >= 0.3 is 6.61 Å². The van der Waals surface area contributed by atoms with Crippen LogP contribution < -0.4 is 19.5 Å². The Morgan fingerprint density at radius 1 is 1.14 bits per heavy atom. The summed E-state index contributed by atoms with van der Waals surface area (Å²) in [5.41, 5.74) is 1.69. The van der Waals surface area contributed by atoms with Crippen LogP contribution in [-0.2, 0) is 0 Å². The molecule has 6 nitrogen and oxygen atoms in total. The third kappa shape index (κ3) is 4.04. The number of alkyl halides is 2. The summed E-state index contributed by atoms with van der Waals surface area (Å²) in [7, 11) is 0. The molecule has 2 aromatic carbocycles. The van der Waals surface area contributed by atoms with Crippen LogP contribution in [0.15, 0.2) is 47.8 Å². The molecule has 0 saturated heterocycles. The lowest BCUT2D eigenvalue weighted by Gasteiger charge is -2.18. The van der Waals surface area contributed by atoms with Gasteiger partial charge in [0.05, 0.1) is 5.69 Å². The Morgan fingerprint density at radius 2 is 1.96 bits per heavy atom. The summed E-state index contributed by atoms with van der Waals surface area (Å²) in [5.74, 6) is 0.782. The van der Waals surface area contributed by atoms with Gasteiger partial charge in [-0.2, -0.15) is 8.78 Å². The number of benzene rings is 2. The van der Waals surface area contributed by atoms with Crippen LogP contribution in [0.4, 0.5) is 13.9 Å². The molecule has 28 heavy (non-hydrogen) atoms. The zero-order valence-corrected chi connectivity index (χ0v) is 15.2. The van der Waals surface area contributed by atoms with E-state index in [1.165, 1.54) is 35.6 Å². The number of nitrogens with one attached hydrogen (secondary N) is 1. The average molecular weight is 404 g/mol. The molecule has 0 atom stereocenters. The number of halogens is 2. The SMILES string of the molecule is O=C(Nc1nc(-c2ccc3c(c2)OCCO3)cs1)c1cccc(OC(F)F)c1. The summed E-state index contributed by atoms with van der Waals surface area (Å²) >= 11 is 1.25. The van der Waals surface area contributed by atoms with Gasteiger partial charge in [0.2, 0.25) is 0 Å². The highest BCUT2D eigenvalue weighted by molar-refractivity contribution is 7.14. The van der Waals surface area contributed by atoms with Crippen LogP contribution in [0.3, 0.4) is 0 Å². The molecule has 0 fully saturated rings. The first-order valence-electron chi connectivity index (χ1n) is 8.30. The molecule has 1 aliphatic rings. The molecule has 4 rings (SSSR count). The largest absolute Gasteiger partial charge is 0.486 e. The number of nitrogens with zero attached hydrogens (tertiary/aromatic N) is 1. The maximum atomic E-state index is 12.4. The first-order valence-corrected chi connectivity index (χ1v) is 9.18. The van der Waals surface area contributed by atoms with Gasteiger partial charge in [-0.3, -0.25) is 10.1 Å². The summed E-state index contributed by atoms with van der Waals surface area (Å²) in [6.07, 6.45) is 0. The topological polar surface area (TPSA) is 69.7 Å². The van der Waals surface area contributed by atoms with E-state index >= 15 is 0 Å². The summed E-state index contributed by atoms with van der Waals surface area (Å²) in [4.78, 5) is 16.8. The number of amides is 1. The second-order valence-electron chi connectivity index (χ2n) is 5.76. The van der Waals surface area contributed by atoms with Gasteiger partial charge in [0.15, 0.2) is 16.6 Å². The lowest BCUT2D eigenvalue weighted by molar-refractivity contribution is -0.0498. The number of hydrogen-bond acceptors (Lipinski definition) is 6. The van der Waals surface area contributed by atoms with Gasteiger partial charge in [-0.15, -0.1) is 11.3 Å². The van der Waals surface area contributed by atoms with Crippen molar-refractivity contribution in [1.29, 1.82) is 0 Å².